The van der Waals surface area contributed by atoms with E-state index in [-0.39, 0.29) is 0 Å². The first-order chi connectivity index (χ1) is 6.61. The van der Waals surface area contributed by atoms with Gasteiger partial charge in [-0.15, -0.1) is 0 Å². The Hall–Kier alpha value is -1.10. The minimum Gasteiger partial charge on any atom is -0.461 e. The summed E-state index contributed by atoms with van der Waals surface area (Å²) in [6, 6.07) is 1.57. The average Bonchev–Trinajstić information content (AvgIpc) is 2.42. The number of aromatic nitrogens is 1. The molecule has 0 bridgehead atoms. The molecule has 0 N–H and O–H groups in total. The van der Waals surface area contributed by atoms with Crippen LogP contribution in [-0.2, 0) is 11.8 Å². The summed E-state index contributed by atoms with van der Waals surface area (Å²) in [7, 11) is 1.64. The molecule has 0 spiro atoms. The van der Waals surface area contributed by atoms with Gasteiger partial charge in [-0.1, -0.05) is 0 Å². The SMILES string of the molecule is CCOC(=O)c1cc(Br)c(C=O)n1C. The molecule has 0 aliphatic rings. The summed E-state index contributed by atoms with van der Waals surface area (Å²) in [6.07, 6.45) is 0.687. The second-order valence-electron chi connectivity index (χ2n) is 2.66. The number of ether oxygens (including phenoxy) is 1. The van der Waals surface area contributed by atoms with E-state index in [2.05, 4.69) is 15.9 Å². The summed E-state index contributed by atoms with van der Waals surface area (Å²) in [5, 5.41) is 0. The molecule has 4 nitrogen and oxygen atoms in total. The zero-order chi connectivity index (χ0) is 10.7. The zero-order valence-corrected chi connectivity index (χ0v) is 9.50. The second kappa shape index (κ2) is 4.41. The fourth-order valence-electron chi connectivity index (χ4n) is 1.12. The molecule has 0 aliphatic heterocycles. The molecule has 0 unspecified atom stereocenters. The third-order valence-corrected chi connectivity index (χ3v) is 2.46. The van der Waals surface area contributed by atoms with Crippen molar-refractivity contribution in [3.63, 3.8) is 0 Å². The summed E-state index contributed by atoms with van der Waals surface area (Å²) in [6.45, 7) is 2.05. The molecule has 0 radical (unpaired) electrons. The van der Waals surface area contributed by atoms with E-state index >= 15 is 0 Å². The zero-order valence-electron chi connectivity index (χ0n) is 7.91. The Morgan fingerprint density at radius 1 is 1.71 bits per heavy atom. The van der Waals surface area contributed by atoms with Gasteiger partial charge in [-0.2, -0.15) is 0 Å². The Balaban J connectivity index is 3.10. The van der Waals surface area contributed by atoms with Crippen LogP contribution in [0.1, 0.15) is 27.9 Å². The standard InChI is InChI=1S/C9H10BrNO3/c1-3-14-9(13)7-4-6(10)8(5-12)11(7)2/h4-5H,3H2,1-2H3. The van der Waals surface area contributed by atoms with E-state index in [4.69, 9.17) is 4.74 Å². The molecule has 0 fully saturated rings. The molecular formula is C9H10BrNO3. The lowest BCUT2D eigenvalue weighted by Gasteiger charge is -2.03. The lowest BCUT2D eigenvalue weighted by molar-refractivity contribution is 0.0515. The molecule has 1 rings (SSSR count). The molecule has 1 aromatic heterocycles. The largest absolute Gasteiger partial charge is 0.461 e. The second-order valence-corrected chi connectivity index (χ2v) is 3.51. The Morgan fingerprint density at radius 2 is 2.36 bits per heavy atom. The van der Waals surface area contributed by atoms with E-state index in [1.807, 2.05) is 0 Å². The van der Waals surface area contributed by atoms with Crippen LogP contribution >= 0.6 is 15.9 Å². The van der Waals surface area contributed by atoms with Crippen molar-refractivity contribution in [3.8, 4) is 0 Å². The normalized spacial score (nSPS) is 9.93. The van der Waals surface area contributed by atoms with E-state index in [1.54, 1.807) is 20.0 Å². The first-order valence-electron chi connectivity index (χ1n) is 4.09. The Bertz CT molecular complexity index is 370. The van der Waals surface area contributed by atoms with Crippen molar-refractivity contribution >= 4 is 28.2 Å². The lowest BCUT2D eigenvalue weighted by atomic mass is 10.4. The predicted molar refractivity (Wildman–Crippen MR) is 54.5 cm³/mol. The van der Waals surface area contributed by atoms with Crippen LogP contribution in [0.4, 0.5) is 0 Å². The van der Waals surface area contributed by atoms with Crippen molar-refractivity contribution in [3.05, 3.63) is 21.9 Å². The number of rotatable bonds is 3. The van der Waals surface area contributed by atoms with E-state index < -0.39 is 5.97 Å². The van der Waals surface area contributed by atoms with Crippen LogP contribution in [0.2, 0.25) is 0 Å². The van der Waals surface area contributed by atoms with Crippen molar-refractivity contribution in [2.24, 2.45) is 7.05 Å². The van der Waals surface area contributed by atoms with Crippen molar-refractivity contribution in [1.82, 2.24) is 4.57 Å². The maximum atomic E-state index is 11.4. The van der Waals surface area contributed by atoms with Crippen LogP contribution in [0.5, 0.6) is 0 Å². The highest BCUT2D eigenvalue weighted by Crippen LogP contribution is 2.19. The third kappa shape index (κ3) is 1.87. The maximum absolute atomic E-state index is 11.4. The van der Waals surface area contributed by atoms with Crippen LogP contribution in [0.25, 0.3) is 0 Å². The number of aldehydes is 1. The molecule has 1 heterocycles. The summed E-state index contributed by atoms with van der Waals surface area (Å²) >= 11 is 3.19. The minimum atomic E-state index is -0.427. The Kier molecular flexibility index (Phi) is 3.46. The number of carbonyl (C=O) groups is 2. The quantitative estimate of drug-likeness (QED) is 0.614. The van der Waals surface area contributed by atoms with Gasteiger partial charge in [0, 0.05) is 11.5 Å². The van der Waals surface area contributed by atoms with Crippen molar-refractivity contribution in [2.45, 2.75) is 6.92 Å². The van der Waals surface area contributed by atoms with E-state index in [0.717, 1.165) is 0 Å². The molecular weight excluding hydrogens is 250 g/mol. The van der Waals surface area contributed by atoms with E-state index in [1.165, 1.54) is 4.57 Å². The third-order valence-electron chi connectivity index (χ3n) is 1.83. The minimum absolute atomic E-state index is 0.318. The van der Waals surface area contributed by atoms with Gasteiger partial charge in [-0.05, 0) is 28.9 Å². The van der Waals surface area contributed by atoms with Crippen LogP contribution in [0.3, 0.4) is 0 Å². The first-order valence-corrected chi connectivity index (χ1v) is 4.88. The van der Waals surface area contributed by atoms with Gasteiger partial charge in [-0.3, -0.25) is 4.79 Å². The number of nitrogens with zero attached hydrogens (tertiary/aromatic N) is 1. The fourth-order valence-corrected chi connectivity index (χ4v) is 1.69. The molecule has 0 saturated carbocycles. The van der Waals surface area contributed by atoms with Crippen molar-refractivity contribution in [1.29, 1.82) is 0 Å². The van der Waals surface area contributed by atoms with Gasteiger partial charge in [0.15, 0.2) is 6.29 Å². The Labute approximate surface area is 90.0 Å². The molecule has 0 saturated heterocycles. The van der Waals surface area contributed by atoms with Gasteiger partial charge in [0.25, 0.3) is 0 Å². The summed E-state index contributed by atoms with van der Waals surface area (Å²) in [5.41, 5.74) is 0.786. The molecule has 1 aromatic rings. The number of carbonyl (C=O) groups excluding carboxylic acids is 2. The van der Waals surface area contributed by atoms with Gasteiger partial charge < -0.3 is 9.30 Å². The van der Waals surface area contributed by atoms with Crippen molar-refractivity contribution < 1.29 is 14.3 Å². The fraction of sp³-hybridized carbons (Fsp3) is 0.333. The van der Waals surface area contributed by atoms with Crippen molar-refractivity contribution in [2.75, 3.05) is 6.61 Å². The Morgan fingerprint density at radius 3 is 2.79 bits per heavy atom. The number of hydrogen-bond acceptors (Lipinski definition) is 3. The number of halogens is 1. The topological polar surface area (TPSA) is 48.3 Å². The maximum Gasteiger partial charge on any atom is 0.354 e. The van der Waals surface area contributed by atoms with Gasteiger partial charge >= 0.3 is 5.97 Å². The summed E-state index contributed by atoms with van der Waals surface area (Å²) < 4.78 is 6.92. The first kappa shape index (κ1) is 11.0. The molecule has 0 amide bonds. The smallest absolute Gasteiger partial charge is 0.354 e. The number of hydrogen-bond donors (Lipinski definition) is 0. The van der Waals surface area contributed by atoms with Gasteiger partial charge in [0.05, 0.1) is 12.3 Å². The molecule has 5 heteroatoms. The van der Waals surface area contributed by atoms with Gasteiger partial charge in [0.2, 0.25) is 0 Å². The highest BCUT2D eigenvalue weighted by Gasteiger charge is 2.16. The lowest BCUT2D eigenvalue weighted by Crippen LogP contribution is -2.10. The van der Waals surface area contributed by atoms with Crippen LogP contribution in [-0.4, -0.2) is 23.4 Å². The average molecular weight is 260 g/mol. The highest BCUT2D eigenvalue weighted by atomic mass is 79.9. The van der Waals surface area contributed by atoms with Crippen LogP contribution in [0.15, 0.2) is 10.5 Å². The van der Waals surface area contributed by atoms with E-state index in [0.29, 0.717) is 28.8 Å². The monoisotopic (exact) mass is 259 g/mol. The molecule has 76 valence electrons. The predicted octanol–water partition coefficient (Wildman–Crippen LogP) is 1.78. The van der Waals surface area contributed by atoms with Crippen LogP contribution < -0.4 is 0 Å². The highest BCUT2D eigenvalue weighted by molar-refractivity contribution is 9.10. The van der Waals surface area contributed by atoms with Gasteiger partial charge in [-0.25, -0.2) is 4.79 Å². The van der Waals surface area contributed by atoms with E-state index in [9.17, 15) is 9.59 Å². The van der Waals surface area contributed by atoms with Crippen LogP contribution in [0, 0.1) is 0 Å². The molecule has 0 aliphatic carbocycles. The molecule has 0 aromatic carbocycles. The van der Waals surface area contributed by atoms with Gasteiger partial charge in [0.1, 0.15) is 5.69 Å². The summed E-state index contributed by atoms with van der Waals surface area (Å²) in [4.78, 5) is 22.0. The molecule has 0 atom stereocenters. The summed E-state index contributed by atoms with van der Waals surface area (Å²) in [5.74, 6) is -0.427. The number of esters is 1. The molecule has 14 heavy (non-hydrogen) atoms.